The number of rotatable bonds is 8. The smallest absolute Gasteiger partial charge is 0.159 e. The highest BCUT2D eigenvalue weighted by Crippen LogP contribution is 2.63. The molecule has 6 heteroatoms. The molecule has 12 aromatic carbocycles. The number of fused-ring (bicyclic) bond motifs is 13. The molecule has 2 heterocycles. The van der Waals surface area contributed by atoms with Crippen molar-refractivity contribution in [3.05, 3.63) is 288 Å². The fraction of sp³-hybridized carbons (Fsp3) is 0.0141. The maximum atomic E-state index is 10.1. The van der Waals surface area contributed by atoms with Crippen molar-refractivity contribution < 1.29 is 8.83 Å². The molecule has 15 rings (SSSR count). The largest absolute Gasteiger partial charge is 0.454 e. The van der Waals surface area contributed by atoms with Crippen molar-refractivity contribution in [2.24, 2.45) is 0 Å². The Labute approximate surface area is 443 Å². The van der Waals surface area contributed by atoms with Crippen LogP contribution in [0.25, 0.3) is 76.5 Å². The van der Waals surface area contributed by atoms with E-state index in [0.717, 1.165) is 133 Å². The van der Waals surface area contributed by atoms with E-state index in [1.165, 1.54) is 0 Å². The summed E-state index contributed by atoms with van der Waals surface area (Å²) in [6, 6.07) is 94.0. The third-order valence-corrected chi connectivity index (χ3v) is 15.8. The van der Waals surface area contributed by atoms with Gasteiger partial charge in [-0.2, -0.15) is 10.5 Å². The molecule has 0 atom stereocenters. The zero-order valence-electron chi connectivity index (χ0n) is 41.4. The van der Waals surface area contributed by atoms with Gasteiger partial charge in [-0.25, -0.2) is 0 Å². The first-order valence-electron chi connectivity index (χ1n) is 25.8. The first kappa shape index (κ1) is 43.9. The van der Waals surface area contributed by atoms with E-state index in [1.54, 1.807) is 0 Å². The molecule has 0 aliphatic heterocycles. The van der Waals surface area contributed by atoms with Crippen molar-refractivity contribution in [3.63, 3.8) is 0 Å². The molecule has 0 fully saturated rings. The second kappa shape index (κ2) is 17.2. The van der Waals surface area contributed by atoms with Gasteiger partial charge in [0.2, 0.25) is 0 Å². The van der Waals surface area contributed by atoms with Crippen molar-refractivity contribution >= 4 is 99.5 Å². The number of hydrogen-bond donors (Lipinski definition) is 0. The maximum absolute atomic E-state index is 10.1. The molecule has 14 aromatic rings. The molecule has 6 nitrogen and oxygen atoms in total. The molecule has 2 aromatic heterocycles. The Morgan fingerprint density at radius 3 is 1.06 bits per heavy atom. The van der Waals surface area contributed by atoms with Crippen LogP contribution in [0.1, 0.15) is 33.4 Å². The average Bonchev–Trinajstić information content (AvgIpc) is 4.38. The summed E-state index contributed by atoms with van der Waals surface area (Å²) in [7, 11) is 0. The van der Waals surface area contributed by atoms with Gasteiger partial charge in [-0.15, -0.1) is 0 Å². The monoisotopic (exact) mass is 982 g/mol. The standard InChI is InChI=1S/C71H42N4O2/c72-43-45-33-37-49(38-34-45)74(61-29-15-27-57-53-23-11-13-31-65(53)76-69(57)61)63-41-59-67(55-25-9-7-21-51(55)63)68-56-26-10-8-22-52(56)64(42-60(68)71(59,47-17-3-1-4-18-47)48-19-5-2-6-20-48)75(50-39-35-46(44-73)36-40-50)62-30-16-28-58-54-24-12-14-32-66(54)77-70(58)62/h1-42H. The van der Waals surface area contributed by atoms with Crippen LogP contribution in [0.15, 0.2) is 264 Å². The van der Waals surface area contributed by atoms with E-state index < -0.39 is 5.41 Å². The molecule has 0 saturated heterocycles. The molecule has 358 valence electrons. The van der Waals surface area contributed by atoms with Crippen LogP contribution in [0, 0.1) is 22.7 Å². The predicted octanol–water partition coefficient (Wildman–Crippen LogP) is 18.8. The average molecular weight is 983 g/mol. The van der Waals surface area contributed by atoms with Gasteiger partial charge >= 0.3 is 0 Å². The number of furan rings is 2. The topological polar surface area (TPSA) is 80.3 Å². The van der Waals surface area contributed by atoms with Gasteiger partial charge in [0.05, 0.1) is 51.4 Å². The van der Waals surface area contributed by atoms with Crippen LogP contribution >= 0.6 is 0 Å². The van der Waals surface area contributed by atoms with E-state index in [4.69, 9.17) is 8.83 Å². The minimum atomic E-state index is -0.895. The van der Waals surface area contributed by atoms with Crippen molar-refractivity contribution in [1.82, 2.24) is 0 Å². The van der Waals surface area contributed by atoms with Gasteiger partial charge in [0, 0.05) is 43.7 Å². The van der Waals surface area contributed by atoms with Gasteiger partial charge in [-0.1, -0.05) is 170 Å². The highest BCUT2D eigenvalue weighted by atomic mass is 16.3. The van der Waals surface area contributed by atoms with E-state index in [2.05, 4.69) is 204 Å². The number of nitriles is 2. The lowest BCUT2D eigenvalue weighted by Gasteiger charge is -2.36. The highest BCUT2D eigenvalue weighted by Gasteiger charge is 2.49. The van der Waals surface area contributed by atoms with Crippen molar-refractivity contribution in [3.8, 4) is 23.3 Å². The SMILES string of the molecule is N#Cc1ccc(N(c2cc3c(c4ccccc24)-c2c(cc(N(c4ccc(C#N)cc4)c4cccc5c4oc4ccccc45)c4ccccc24)C3(c2ccccc2)c2ccccc2)c2cccc3c2oc2ccccc23)cc1. The number of benzene rings is 12. The van der Waals surface area contributed by atoms with Crippen LogP contribution in [0.4, 0.5) is 34.1 Å². The fourth-order valence-corrected chi connectivity index (χ4v) is 12.5. The summed E-state index contributed by atoms with van der Waals surface area (Å²) < 4.78 is 13.8. The number of anilines is 6. The highest BCUT2D eigenvalue weighted by molar-refractivity contribution is 6.20. The summed E-state index contributed by atoms with van der Waals surface area (Å²) in [6.07, 6.45) is 0. The van der Waals surface area contributed by atoms with Crippen LogP contribution in [0.3, 0.4) is 0 Å². The molecule has 0 spiro atoms. The summed E-state index contributed by atoms with van der Waals surface area (Å²) in [4.78, 5) is 4.64. The molecule has 0 N–H and O–H groups in total. The zero-order chi connectivity index (χ0) is 51.2. The molecule has 0 bridgehead atoms. The van der Waals surface area contributed by atoms with Crippen LogP contribution in [0.5, 0.6) is 0 Å². The first-order chi connectivity index (χ1) is 38.1. The molecule has 0 radical (unpaired) electrons. The Morgan fingerprint density at radius 2 is 0.662 bits per heavy atom. The Balaban J connectivity index is 1.10. The minimum Gasteiger partial charge on any atom is -0.454 e. The molecule has 0 amide bonds. The predicted molar refractivity (Wildman–Crippen MR) is 312 cm³/mol. The van der Waals surface area contributed by atoms with Gasteiger partial charge in [0.1, 0.15) is 11.2 Å². The number of para-hydroxylation sites is 4. The summed E-state index contributed by atoms with van der Waals surface area (Å²) in [5, 5.41) is 28.6. The van der Waals surface area contributed by atoms with E-state index in [1.807, 2.05) is 72.8 Å². The maximum Gasteiger partial charge on any atom is 0.159 e. The lowest BCUT2D eigenvalue weighted by atomic mass is 9.67. The van der Waals surface area contributed by atoms with Gasteiger partial charge < -0.3 is 18.6 Å². The third-order valence-electron chi connectivity index (χ3n) is 15.8. The molecular formula is C71H42N4O2. The molecule has 1 aliphatic rings. The van der Waals surface area contributed by atoms with Gasteiger partial charge in [0.25, 0.3) is 0 Å². The Bertz CT molecular complexity index is 4470. The fourth-order valence-electron chi connectivity index (χ4n) is 12.5. The van der Waals surface area contributed by atoms with Gasteiger partial charge in [0.15, 0.2) is 11.2 Å². The summed E-state index contributed by atoms with van der Waals surface area (Å²) in [5.74, 6) is 0. The number of hydrogen-bond acceptors (Lipinski definition) is 6. The van der Waals surface area contributed by atoms with Crippen LogP contribution < -0.4 is 9.80 Å². The third kappa shape index (κ3) is 6.47. The van der Waals surface area contributed by atoms with Crippen LogP contribution in [-0.4, -0.2) is 0 Å². The van der Waals surface area contributed by atoms with Crippen molar-refractivity contribution in [2.45, 2.75) is 5.41 Å². The summed E-state index contributed by atoms with van der Waals surface area (Å²) >= 11 is 0. The van der Waals surface area contributed by atoms with Crippen molar-refractivity contribution in [2.75, 3.05) is 9.80 Å². The van der Waals surface area contributed by atoms with Gasteiger partial charge in [-0.05, 0) is 129 Å². The molecule has 77 heavy (non-hydrogen) atoms. The first-order valence-corrected chi connectivity index (χ1v) is 25.8. The lowest BCUT2D eigenvalue weighted by molar-refractivity contribution is 0.669. The molecular weight excluding hydrogens is 941 g/mol. The van der Waals surface area contributed by atoms with E-state index in [9.17, 15) is 10.5 Å². The second-order valence-corrected chi connectivity index (χ2v) is 19.7. The Morgan fingerprint density at radius 1 is 0.312 bits per heavy atom. The Kier molecular flexibility index (Phi) is 9.81. The van der Waals surface area contributed by atoms with Crippen LogP contribution in [0.2, 0.25) is 0 Å². The zero-order valence-corrected chi connectivity index (χ0v) is 41.4. The molecule has 0 unspecified atom stereocenters. The van der Waals surface area contributed by atoms with Crippen LogP contribution in [-0.2, 0) is 5.41 Å². The normalized spacial score (nSPS) is 12.5. The Hall–Kier alpha value is -10.7. The van der Waals surface area contributed by atoms with Crippen molar-refractivity contribution in [1.29, 1.82) is 10.5 Å². The molecule has 0 saturated carbocycles. The second-order valence-electron chi connectivity index (χ2n) is 19.7. The molecule has 1 aliphatic carbocycles. The number of nitrogens with zero attached hydrogens (tertiary/aromatic N) is 4. The van der Waals surface area contributed by atoms with Gasteiger partial charge in [-0.3, -0.25) is 0 Å². The van der Waals surface area contributed by atoms with E-state index >= 15 is 0 Å². The van der Waals surface area contributed by atoms with E-state index in [0.29, 0.717) is 11.1 Å². The summed E-state index contributed by atoms with van der Waals surface area (Å²) in [5.41, 5.74) is 15.6. The quantitative estimate of drug-likeness (QED) is 0.151. The lowest BCUT2D eigenvalue weighted by Crippen LogP contribution is -2.29. The minimum absolute atomic E-state index is 0.575. The van der Waals surface area contributed by atoms with E-state index in [-0.39, 0.29) is 0 Å². The summed E-state index contributed by atoms with van der Waals surface area (Å²) in [6.45, 7) is 0.